The van der Waals surface area contributed by atoms with Gasteiger partial charge in [0, 0.05) is 11.7 Å². The SMILES string of the molecule is Cc1cccc(NC(C)c2ccc3c(c2)CCCC3)c1. The van der Waals surface area contributed by atoms with Crippen molar-refractivity contribution in [2.75, 3.05) is 5.32 Å². The van der Waals surface area contributed by atoms with E-state index in [0.29, 0.717) is 6.04 Å². The molecule has 2 aromatic rings. The van der Waals surface area contributed by atoms with Gasteiger partial charge in [-0.3, -0.25) is 0 Å². The molecular weight excluding hydrogens is 242 g/mol. The first kappa shape index (κ1) is 13.2. The average molecular weight is 265 g/mol. The van der Waals surface area contributed by atoms with Crippen molar-refractivity contribution < 1.29 is 0 Å². The topological polar surface area (TPSA) is 12.0 Å². The molecule has 0 fully saturated rings. The molecule has 1 N–H and O–H groups in total. The minimum atomic E-state index is 0.351. The fourth-order valence-corrected chi connectivity index (χ4v) is 3.09. The zero-order chi connectivity index (χ0) is 13.9. The van der Waals surface area contributed by atoms with Crippen molar-refractivity contribution >= 4 is 5.69 Å². The van der Waals surface area contributed by atoms with Gasteiger partial charge in [0.25, 0.3) is 0 Å². The van der Waals surface area contributed by atoms with Crippen LogP contribution >= 0.6 is 0 Å². The molecule has 1 unspecified atom stereocenters. The quantitative estimate of drug-likeness (QED) is 0.819. The Kier molecular flexibility index (Phi) is 3.77. The minimum absolute atomic E-state index is 0.351. The van der Waals surface area contributed by atoms with Crippen molar-refractivity contribution in [2.45, 2.75) is 45.6 Å². The van der Waals surface area contributed by atoms with Gasteiger partial charge in [0.05, 0.1) is 0 Å². The summed E-state index contributed by atoms with van der Waals surface area (Å²) in [5.41, 5.74) is 7.02. The first-order chi connectivity index (χ1) is 9.72. The number of fused-ring (bicyclic) bond motifs is 1. The summed E-state index contributed by atoms with van der Waals surface area (Å²) in [5.74, 6) is 0. The van der Waals surface area contributed by atoms with Gasteiger partial charge in [-0.1, -0.05) is 30.3 Å². The molecule has 0 bridgehead atoms. The molecule has 0 heterocycles. The van der Waals surface area contributed by atoms with E-state index in [0.717, 1.165) is 0 Å². The first-order valence-electron chi connectivity index (χ1n) is 7.67. The number of hydrogen-bond donors (Lipinski definition) is 1. The first-order valence-corrected chi connectivity index (χ1v) is 7.67. The number of aryl methyl sites for hydroxylation is 3. The van der Waals surface area contributed by atoms with Crippen LogP contribution in [-0.2, 0) is 12.8 Å². The molecule has 1 atom stereocenters. The van der Waals surface area contributed by atoms with Crippen molar-refractivity contribution in [3.8, 4) is 0 Å². The monoisotopic (exact) mass is 265 g/mol. The van der Waals surface area contributed by atoms with Crippen LogP contribution in [0.2, 0.25) is 0 Å². The van der Waals surface area contributed by atoms with E-state index >= 15 is 0 Å². The van der Waals surface area contributed by atoms with E-state index in [4.69, 9.17) is 0 Å². The molecule has 1 heteroatoms. The van der Waals surface area contributed by atoms with Crippen LogP contribution in [0.5, 0.6) is 0 Å². The van der Waals surface area contributed by atoms with Crippen molar-refractivity contribution in [2.24, 2.45) is 0 Å². The number of nitrogens with one attached hydrogen (secondary N) is 1. The Morgan fingerprint density at radius 3 is 2.55 bits per heavy atom. The third-order valence-electron chi connectivity index (χ3n) is 4.27. The van der Waals surface area contributed by atoms with Gasteiger partial charge in [0.2, 0.25) is 0 Å². The van der Waals surface area contributed by atoms with Gasteiger partial charge in [-0.2, -0.15) is 0 Å². The highest BCUT2D eigenvalue weighted by Gasteiger charge is 2.12. The highest BCUT2D eigenvalue weighted by molar-refractivity contribution is 5.48. The van der Waals surface area contributed by atoms with Gasteiger partial charge in [0.15, 0.2) is 0 Å². The van der Waals surface area contributed by atoms with E-state index < -0.39 is 0 Å². The standard InChI is InChI=1S/C19H23N/c1-14-6-5-9-19(12-14)20-15(2)17-11-10-16-7-3-4-8-18(16)13-17/h5-6,9-13,15,20H,3-4,7-8H2,1-2H3. The summed E-state index contributed by atoms with van der Waals surface area (Å²) >= 11 is 0. The molecule has 0 saturated heterocycles. The van der Waals surface area contributed by atoms with Crippen molar-refractivity contribution in [3.05, 3.63) is 64.7 Å². The van der Waals surface area contributed by atoms with Crippen LogP contribution in [0.25, 0.3) is 0 Å². The minimum Gasteiger partial charge on any atom is -0.379 e. The number of hydrogen-bond acceptors (Lipinski definition) is 1. The Morgan fingerprint density at radius 1 is 0.950 bits per heavy atom. The zero-order valence-corrected chi connectivity index (χ0v) is 12.4. The molecule has 0 aromatic heterocycles. The molecule has 1 nitrogen and oxygen atoms in total. The van der Waals surface area contributed by atoms with Gasteiger partial charge in [0.1, 0.15) is 0 Å². The second kappa shape index (κ2) is 5.70. The maximum atomic E-state index is 3.61. The zero-order valence-electron chi connectivity index (χ0n) is 12.4. The van der Waals surface area contributed by atoms with Crippen LogP contribution in [0.3, 0.4) is 0 Å². The molecule has 0 aliphatic heterocycles. The van der Waals surface area contributed by atoms with Crippen molar-refractivity contribution in [1.29, 1.82) is 0 Å². The van der Waals surface area contributed by atoms with E-state index in [9.17, 15) is 0 Å². The lowest BCUT2D eigenvalue weighted by Crippen LogP contribution is -2.09. The summed E-state index contributed by atoms with van der Waals surface area (Å²) in [6.07, 6.45) is 5.20. The summed E-state index contributed by atoms with van der Waals surface area (Å²) in [7, 11) is 0. The number of anilines is 1. The molecule has 0 amide bonds. The average Bonchev–Trinajstić information content (AvgIpc) is 2.47. The smallest absolute Gasteiger partial charge is 0.0485 e. The maximum absolute atomic E-state index is 3.61. The van der Waals surface area contributed by atoms with Crippen LogP contribution in [0.1, 0.15) is 48.1 Å². The Hall–Kier alpha value is -1.76. The molecule has 1 aliphatic carbocycles. The molecule has 0 saturated carbocycles. The van der Waals surface area contributed by atoms with Gasteiger partial charge < -0.3 is 5.32 Å². The van der Waals surface area contributed by atoms with Gasteiger partial charge in [-0.05, 0) is 73.9 Å². The van der Waals surface area contributed by atoms with Crippen LogP contribution in [-0.4, -0.2) is 0 Å². The maximum Gasteiger partial charge on any atom is 0.0485 e. The van der Waals surface area contributed by atoms with Crippen molar-refractivity contribution in [3.63, 3.8) is 0 Å². The lowest BCUT2D eigenvalue weighted by atomic mass is 9.89. The summed E-state index contributed by atoms with van der Waals surface area (Å²) in [4.78, 5) is 0. The van der Waals surface area contributed by atoms with Crippen LogP contribution in [0.15, 0.2) is 42.5 Å². The molecule has 0 spiro atoms. The van der Waals surface area contributed by atoms with Crippen LogP contribution < -0.4 is 5.32 Å². The normalized spacial score (nSPS) is 15.5. The highest BCUT2D eigenvalue weighted by Crippen LogP contribution is 2.26. The Bertz CT molecular complexity index is 600. The van der Waals surface area contributed by atoms with E-state index in [1.54, 1.807) is 11.1 Å². The fraction of sp³-hybridized carbons (Fsp3) is 0.368. The third-order valence-corrected chi connectivity index (χ3v) is 4.27. The summed E-state index contributed by atoms with van der Waals surface area (Å²) in [6, 6.07) is 16.0. The molecule has 20 heavy (non-hydrogen) atoms. The molecular formula is C19H23N. The lowest BCUT2D eigenvalue weighted by molar-refractivity contribution is 0.683. The Balaban J connectivity index is 1.78. The van der Waals surface area contributed by atoms with Gasteiger partial charge >= 0.3 is 0 Å². The molecule has 0 radical (unpaired) electrons. The lowest BCUT2D eigenvalue weighted by Gasteiger charge is -2.21. The Labute approximate surface area is 122 Å². The molecule has 104 valence electrons. The third kappa shape index (κ3) is 2.87. The summed E-state index contributed by atoms with van der Waals surface area (Å²) < 4.78 is 0. The predicted molar refractivity (Wildman–Crippen MR) is 86.3 cm³/mol. The van der Waals surface area contributed by atoms with E-state index in [-0.39, 0.29) is 0 Å². The highest BCUT2D eigenvalue weighted by atomic mass is 14.9. The van der Waals surface area contributed by atoms with Gasteiger partial charge in [-0.25, -0.2) is 0 Å². The second-order valence-electron chi connectivity index (χ2n) is 5.97. The predicted octanol–water partition coefficient (Wildman–Crippen LogP) is 5.05. The second-order valence-corrected chi connectivity index (χ2v) is 5.97. The van der Waals surface area contributed by atoms with Crippen LogP contribution in [0, 0.1) is 6.92 Å². The van der Waals surface area contributed by atoms with Crippen molar-refractivity contribution in [1.82, 2.24) is 0 Å². The van der Waals surface area contributed by atoms with E-state index in [1.807, 2.05) is 0 Å². The Morgan fingerprint density at radius 2 is 1.75 bits per heavy atom. The molecule has 3 rings (SSSR count). The van der Waals surface area contributed by atoms with E-state index in [2.05, 4.69) is 61.6 Å². The summed E-state index contributed by atoms with van der Waals surface area (Å²) in [6.45, 7) is 4.38. The largest absolute Gasteiger partial charge is 0.379 e. The van der Waals surface area contributed by atoms with Gasteiger partial charge in [-0.15, -0.1) is 0 Å². The van der Waals surface area contributed by atoms with E-state index in [1.165, 1.54) is 42.5 Å². The molecule has 1 aliphatic rings. The number of benzene rings is 2. The van der Waals surface area contributed by atoms with Crippen LogP contribution in [0.4, 0.5) is 5.69 Å². The number of rotatable bonds is 3. The summed E-state index contributed by atoms with van der Waals surface area (Å²) in [5, 5.41) is 3.61. The molecule has 2 aromatic carbocycles. The fourth-order valence-electron chi connectivity index (χ4n) is 3.09.